The molecule has 1 aliphatic rings. The number of hydrogen-bond acceptors (Lipinski definition) is 3. The lowest BCUT2D eigenvalue weighted by molar-refractivity contribution is 0.188. The molecular formula is C25H30N6O2. The Morgan fingerprint density at radius 1 is 1.00 bits per heavy atom. The summed E-state index contributed by atoms with van der Waals surface area (Å²) >= 11 is 0. The summed E-state index contributed by atoms with van der Waals surface area (Å²) in [6, 6.07) is 13.0. The number of aromatic nitrogens is 2. The van der Waals surface area contributed by atoms with Crippen LogP contribution >= 0.6 is 0 Å². The third-order valence-corrected chi connectivity index (χ3v) is 5.60. The van der Waals surface area contributed by atoms with Crippen LogP contribution in [0.1, 0.15) is 43.2 Å². The quantitative estimate of drug-likeness (QED) is 0.553. The molecule has 1 aliphatic heterocycles. The minimum atomic E-state index is -0.607. The van der Waals surface area contributed by atoms with Crippen LogP contribution in [0.5, 0.6) is 0 Å². The van der Waals surface area contributed by atoms with Gasteiger partial charge >= 0.3 is 12.1 Å². The van der Waals surface area contributed by atoms with E-state index in [0.717, 1.165) is 39.3 Å². The molecule has 4 N–H and O–H groups in total. The van der Waals surface area contributed by atoms with Gasteiger partial charge in [-0.2, -0.15) is 5.10 Å². The first-order valence-corrected chi connectivity index (χ1v) is 10.9. The number of carbonyl (C=O) groups is 2. The first kappa shape index (κ1) is 22.4. The number of nitrogens with one attached hydrogen (secondary N) is 2. The Hall–Kier alpha value is -3.81. The van der Waals surface area contributed by atoms with E-state index < -0.39 is 6.03 Å². The SMILES string of the molecule is Cc1cccc(C)c1-n1nc2c(c1-c1ccc(NC(N)=O)cc1)CN(C(=O)NC(C)(C)C)C2. The molecule has 0 spiro atoms. The molecule has 33 heavy (non-hydrogen) atoms. The van der Waals surface area contributed by atoms with Crippen LogP contribution in [0, 0.1) is 13.8 Å². The van der Waals surface area contributed by atoms with Crippen molar-refractivity contribution in [3.63, 3.8) is 0 Å². The number of carbonyl (C=O) groups excluding carboxylic acids is 2. The number of hydrogen-bond donors (Lipinski definition) is 3. The van der Waals surface area contributed by atoms with E-state index >= 15 is 0 Å². The van der Waals surface area contributed by atoms with E-state index in [0.29, 0.717) is 18.8 Å². The summed E-state index contributed by atoms with van der Waals surface area (Å²) in [5.74, 6) is 0. The molecule has 0 saturated heterocycles. The van der Waals surface area contributed by atoms with Gasteiger partial charge in [-0.3, -0.25) is 0 Å². The fourth-order valence-corrected chi connectivity index (χ4v) is 4.21. The molecule has 0 radical (unpaired) electrons. The Balaban J connectivity index is 1.79. The van der Waals surface area contributed by atoms with E-state index in [1.54, 1.807) is 4.90 Å². The van der Waals surface area contributed by atoms with Crippen molar-refractivity contribution in [2.24, 2.45) is 5.73 Å². The zero-order chi connectivity index (χ0) is 23.9. The zero-order valence-corrected chi connectivity index (χ0v) is 19.7. The second-order valence-corrected chi connectivity index (χ2v) is 9.53. The number of benzene rings is 2. The standard InChI is InChI=1S/C25H30N6O2/c1-15-7-6-8-16(2)21(15)31-22(17-9-11-18(12-10-17)27-23(26)32)19-13-30(14-20(19)29-31)24(33)28-25(3,4)5/h6-12H,13-14H2,1-5H3,(H,28,33)(H3,26,27,32). The predicted octanol–water partition coefficient (Wildman–Crippen LogP) is 4.47. The van der Waals surface area contributed by atoms with Crippen LogP contribution in [-0.4, -0.2) is 32.3 Å². The number of para-hydroxylation sites is 1. The van der Waals surface area contributed by atoms with E-state index in [1.165, 1.54) is 0 Å². The third kappa shape index (κ3) is 4.55. The number of urea groups is 2. The lowest BCUT2D eigenvalue weighted by Crippen LogP contribution is -2.46. The lowest BCUT2D eigenvalue weighted by atomic mass is 10.0. The number of nitrogens with two attached hydrogens (primary N) is 1. The molecular weight excluding hydrogens is 416 g/mol. The Bertz CT molecular complexity index is 1200. The summed E-state index contributed by atoms with van der Waals surface area (Å²) in [5.41, 5.74) is 12.6. The van der Waals surface area contributed by atoms with Gasteiger partial charge in [0.25, 0.3) is 0 Å². The van der Waals surface area contributed by atoms with E-state index in [-0.39, 0.29) is 11.6 Å². The minimum Gasteiger partial charge on any atom is -0.351 e. The van der Waals surface area contributed by atoms with Crippen molar-refractivity contribution < 1.29 is 9.59 Å². The molecule has 4 rings (SSSR count). The second kappa shape index (κ2) is 8.27. The summed E-state index contributed by atoms with van der Waals surface area (Å²) in [6.07, 6.45) is 0. The summed E-state index contributed by atoms with van der Waals surface area (Å²) in [6.45, 7) is 11.0. The van der Waals surface area contributed by atoms with Gasteiger partial charge in [-0.05, 0) is 57.9 Å². The third-order valence-electron chi connectivity index (χ3n) is 5.60. The van der Waals surface area contributed by atoms with Crippen molar-refractivity contribution in [2.75, 3.05) is 5.32 Å². The number of fused-ring (bicyclic) bond motifs is 1. The fraction of sp³-hybridized carbons (Fsp3) is 0.320. The van der Waals surface area contributed by atoms with Gasteiger partial charge in [-0.25, -0.2) is 14.3 Å². The number of primary amides is 1. The predicted molar refractivity (Wildman–Crippen MR) is 129 cm³/mol. The lowest BCUT2D eigenvalue weighted by Gasteiger charge is -2.25. The topological polar surface area (TPSA) is 105 Å². The average Bonchev–Trinajstić information content (AvgIpc) is 3.25. The Labute approximate surface area is 193 Å². The van der Waals surface area contributed by atoms with Gasteiger partial charge in [0.15, 0.2) is 0 Å². The number of rotatable bonds is 3. The molecule has 3 aromatic rings. The van der Waals surface area contributed by atoms with Crippen LogP contribution in [0.25, 0.3) is 16.9 Å². The van der Waals surface area contributed by atoms with E-state index in [9.17, 15) is 9.59 Å². The zero-order valence-electron chi connectivity index (χ0n) is 19.7. The first-order valence-electron chi connectivity index (χ1n) is 10.9. The maximum absolute atomic E-state index is 12.8. The van der Waals surface area contributed by atoms with Gasteiger partial charge < -0.3 is 21.3 Å². The van der Waals surface area contributed by atoms with Gasteiger partial charge in [-0.1, -0.05) is 30.3 Å². The number of nitrogens with zero attached hydrogens (tertiary/aromatic N) is 3. The Morgan fingerprint density at radius 2 is 1.64 bits per heavy atom. The van der Waals surface area contributed by atoms with Crippen molar-refractivity contribution >= 4 is 17.7 Å². The molecule has 0 saturated carbocycles. The maximum Gasteiger partial charge on any atom is 0.318 e. The summed E-state index contributed by atoms with van der Waals surface area (Å²) in [7, 11) is 0. The highest BCUT2D eigenvalue weighted by atomic mass is 16.2. The van der Waals surface area contributed by atoms with Crippen molar-refractivity contribution in [1.29, 1.82) is 0 Å². The van der Waals surface area contributed by atoms with Crippen molar-refractivity contribution in [2.45, 2.75) is 53.2 Å². The van der Waals surface area contributed by atoms with E-state index in [1.807, 2.05) is 55.8 Å². The highest BCUT2D eigenvalue weighted by Crippen LogP contribution is 2.36. The van der Waals surface area contributed by atoms with Crippen LogP contribution < -0.4 is 16.4 Å². The first-order chi connectivity index (χ1) is 15.5. The van der Waals surface area contributed by atoms with Gasteiger partial charge in [0.05, 0.1) is 30.2 Å². The molecule has 0 fully saturated rings. The molecule has 0 aliphatic carbocycles. The van der Waals surface area contributed by atoms with Crippen molar-refractivity contribution in [3.05, 3.63) is 64.8 Å². The highest BCUT2D eigenvalue weighted by Gasteiger charge is 2.32. The number of aryl methyl sites for hydroxylation is 2. The summed E-state index contributed by atoms with van der Waals surface area (Å²) < 4.78 is 1.99. The normalized spacial score (nSPS) is 13.1. The van der Waals surface area contributed by atoms with Crippen LogP contribution in [0.2, 0.25) is 0 Å². The molecule has 8 heteroatoms. The minimum absolute atomic E-state index is 0.105. The van der Waals surface area contributed by atoms with Crippen LogP contribution in [0.15, 0.2) is 42.5 Å². The fourth-order valence-electron chi connectivity index (χ4n) is 4.21. The maximum atomic E-state index is 12.8. The highest BCUT2D eigenvalue weighted by molar-refractivity contribution is 5.88. The van der Waals surface area contributed by atoms with Crippen molar-refractivity contribution in [1.82, 2.24) is 20.0 Å². The summed E-state index contributed by atoms with van der Waals surface area (Å²) in [5, 5.41) is 10.6. The van der Waals surface area contributed by atoms with Gasteiger partial charge in [0.1, 0.15) is 0 Å². The summed E-state index contributed by atoms with van der Waals surface area (Å²) in [4.78, 5) is 25.8. The van der Waals surface area contributed by atoms with E-state index in [2.05, 4.69) is 36.6 Å². The van der Waals surface area contributed by atoms with Gasteiger partial charge in [-0.15, -0.1) is 0 Å². The molecule has 4 amide bonds. The molecule has 0 unspecified atom stereocenters. The number of amides is 4. The average molecular weight is 447 g/mol. The Kier molecular flexibility index (Phi) is 5.61. The van der Waals surface area contributed by atoms with Gasteiger partial charge in [0.2, 0.25) is 0 Å². The second-order valence-electron chi connectivity index (χ2n) is 9.53. The molecule has 8 nitrogen and oxygen atoms in total. The smallest absolute Gasteiger partial charge is 0.318 e. The molecule has 2 heterocycles. The van der Waals surface area contributed by atoms with Gasteiger partial charge in [0, 0.05) is 22.4 Å². The van der Waals surface area contributed by atoms with Crippen LogP contribution in [0.3, 0.4) is 0 Å². The molecule has 0 atom stereocenters. The molecule has 172 valence electrons. The molecule has 0 bridgehead atoms. The molecule has 1 aromatic heterocycles. The van der Waals surface area contributed by atoms with Crippen LogP contribution in [-0.2, 0) is 13.1 Å². The Morgan fingerprint density at radius 3 is 2.21 bits per heavy atom. The van der Waals surface area contributed by atoms with Crippen molar-refractivity contribution in [3.8, 4) is 16.9 Å². The molecule has 2 aromatic carbocycles. The largest absolute Gasteiger partial charge is 0.351 e. The monoisotopic (exact) mass is 446 g/mol. The number of anilines is 1. The van der Waals surface area contributed by atoms with Crippen LogP contribution in [0.4, 0.5) is 15.3 Å². The van der Waals surface area contributed by atoms with E-state index in [4.69, 9.17) is 10.8 Å².